The summed E-state index contributed by atoms with van der Waals surface area (Å²) >= 11 is 3.53. The third kappa shape index (κ3) is 4.68. The van der Waals surface area contributed by atoms with Crippen molar-refractivity contribution in [1.29, 1.82) is 0 Å². The van der Waals surface area contributed by atoms with E-state index in [0.717, 1.165) is 59.4 Å². The fraction of sp³-hybridized carbons (Fsp3) is 0.400. The van der Waals surface area contributed by atoms with Gasteiger partial charge in [0.1, 0.15) is 5.82 Å². The molecule has 3 aromatic rings. The lowest BCUT2D eigenvalue weighted by atomic mass is 9.96. The number of halogens is 1. The third-order valence-corrected chi connectivity index (χ3v) is 7.24. The zero-order chi connectivity index (χ0) is 22.8. The number of rotatable bonds is 5. The summed E-state index contributed by atoms with van der Waals surface area (Å²) in [7, 11) is 0. The highest BCUT2D eigenvalue weighted by Crippen LogP contribution is 2.26. The van der Waals surface area contributed by atoms with Gasteiger partial charge >= 0.3 is 0 Å². The number of carbonyl (C=O) groups is 2. The largest absolute Gasteiger partial charge is 0.342 e. The van der Waals surface area contributed by atoms with Crippen LogP contribution in [-0.2, 0) is 16.1 Å². The number of fused-ring (bicyclic) bond motifs is 1. The molecule has 2 amide bonds. The highest BCUT2D eigenvalue weighted by molar-refractivity contribution is 9.10. The van der Waals surface area contributed by atoms with Crippen LogP contribution in [0.1, 0.15) is 18.7 Å². The van der Waals surface area contributed by atoms with Crippen molar-refractivity contribution in [2.24, 2.45) is 5.92 Å². The summed E-state index contributed by atoms with van der Waals surface area (Å²) in [6.45, 7) is 4.93. The molecule has 33 heavy (non-hydrogen) atoms. The summed E-state index contributed by atoms with van der Waals surface area (Å²) in [5.74, 6) is 1.23. The fourth-order valence-corrected chi connectivity index (χ4v) is 5.23. The lowest BCUT2D eigenvalue weighted by Gasteiger charge is -2.38. The summed E-state index contributed by atoms with van der Waals surface area (Å²) in [5, 5.41) is 0. The molecule has 2 aliphatic heterocycles. The van der Waals surface area contributed by atoms with Crippen LogP contribution in [-0.4, -0.2) is 75.8 Å². The molecule has 0 N–H and O–H groups in total. The monoisotopic (exact) mass is 509 g/mol. The molecule has 2 saturated heterocycles. The normalized spacial score (nSPS) is 19.7. The fourth-order valence-electron chi connectivity index (χ4n) is 4.97. The number of piperazine rings is 1. The minimum Gasteiger partial charge on any atom is -0.342 e. The minimum absolute atomic E-state index is 0.00652. The van der Waals surface area contributed by atoms with E-state index >= 15 is 0 Å². The second-order valence-electron chi connectivity index (χ2n) is 8.87. The Morgan fingerprint density at radius 1 is 1.03 bits per heavy atom. The van der Waals surface area contributed by atoms with Crippen LogP contribution in [0, 0.1) is 5.92 Å². The molecule has 0 radical (unpaired) electrons. The van der Waals surface area contributed by atoms with E-state index in [-0.39, 0.29) is 11.8 Å². The van der Waals surface area contributed by atoms with Crippen molar-refractivity contribution >= 4 is 39.3 Å². The summed E-state index contributed by atoms with van der Waals surface area (Å²) in [6.07, 6.45) is 2.80. The Bertz CT molecular complexity index is 1140. The van der Waals surface area contributed by atoms with Gasteiger partial charge in [0.25, 0.3) is 0 Å². The van der Waals surface area contributed by atoms with Crippen LogP contribution in [0.4, 0.5) is 0 Å². The summed E-state index contributed by atoms with van der Waals surface area (Å²) in [5.41, 5.74) is 3.15. The second-order valence-corrected chi connectivity index (χ2v) is 9.79. The molecule has 1 atom stereocenters. The Morgan fingerprint density at radius 2 is 1.79 bits per heavy atom. The van der Waals surface area contributed by atoms with Crippen LogP contribution in [0.3, 0.4) is 0 Å². The maximum absolute atomic E-state index is 13.2. The number of nitrogens with zero attached hydrogens (tertiary/aromatic N) is 5. The average molecular weight is 510 g/mol. The zero-order valence-corrected chi connectivity index (χ0v) is 20.2. The van der Waals surface area contributed by atoms with Gasteiger partial charge in [-0.25, -0.2) is 4.98 Å². The minimum atomic E-state index is 0.00652. The Hall–Kier alpha value is -2.71. The van der Waals surface area contributed by atoms with Crippen LogP contribution in [0.5, 0.6) is 0 Å². The highest BCUT2D eigenvalue weighted by Gasteiger charge is 2.31. The molecule has 2 aliphatic rings. The molecule has 0 bridgehead atoms. The van der Waals surface area contributed by atoms with E-state index in [1.54, 1.807) is 4.90 Å². The van der Waals surface area contributed by atoms with Crippen molar-refractivity contribution in [3.05, 3.63) is 58.8 Å². The quantitative estimate of drug-likeness (QED) is 0.495. The van der Waals surface area contributed by atoms with Crippen LogP contribution < -0.4 is 0 Å². The molecule has 3 heterocycles. The number of hydrogen-bond acceptors (Lipinski definition) is 4. The van der Waals surface area contributed by atoms with Gasteiger partial charge in [0.15, 0.2) is 0 Å². The van der Waals surface area contributed by atoms with Crippen LogP contribution in [0.25, 0.3) is 16.7 Å². The Balaban J connectivity index is 1.34. The number of para-hydroxylation sites is 2. The number of benzene rings is 2. The van der Waals surface area contributed by atoms with Crippen molar-refractivity contribution < 1.29 is 9.59 Å². The number of amides is 2. The molecule has 0 aliphatic carbocycles. The predicted octanol–water partition coefficient (Wildman–Crippen LogP) is 3.30. The van der Waals surface area contributed by atoms with Crippen molar-refractivity contribution in [2.75, 3.05) is 39.3 Å². The van der Waals surface area contributed by atoms with E-state index < -0.39 is 0 Å². The molecule has 2 aromatic carbocycles. The molecule has 5 rings (SSSR count). The number of carbonyl (C=O) groups excluding carboxylic acids is 2. The SMILES string of the molecule is O=CN1CCN(C(=O)[C@H]2CCCN(Cc3nc4ccccc4n3-c3ccc(Br)cc3)C2)CC1. The standard InChI is InChI=1S/C25H28BrN5O2/c26-20-7-9-21(10-8-20)31-23-6-2-1-5-22(23)27-24(31)17-29-11-3-4-19(16-29)25(33)30-14-12-28(18-32)13-15-30/h1-2,5-10,18-19H,3-4,11-17H2/t19-/m0/s1. The zero-order valence-electron chi connectivity index (χ0n) is 18.6. The Morgan fingerprint density at radius 3 is 2.55 bits per heavy atom. The first kappa shape index (κ1) is 22.1. The van der Waals surface area contributed by atoms with E-state index in [0.29, 0.717) is 32.7 Å². The van der Waals surface area contributed by atoms with Gasteiger partial charge in [0.05, 0.1) is 23.5 Å². The van der Waals surface area contributed by atoms with E-state index in [1.807, 2.05) is 29.2 Å². The van der Waals surface area contributed by atoms with Gasteiger partial charge in [0, 0.05) is 42.9 Å². The molecule has 7 nitrogen and oxygen atoms in total. The molecule has 8 heteroatoms. The number of imidazole rings is 1. The predicted molar refractivity (Wildman–Crippen MR) is 131 cm³/mol. The van der Waals surface area contributed by atoms with Crippen molar-refractivity contribution in [3.63, 3.8) is 0 Å². The van der Waals surface area contributed by atoms with E-state index in [1.165, 1.54) is 0 Å². The molecule has 0 unspecified atom stereocenters. The second kappa shape index (κ2) is 9.65. The lowest BCUT2D eigenvalue weighted by Crippen LogP contribution is -2.52. The Labute approximate surface area is 202 Å². The van der Waals surface area contributed by atoms with Crippen LogP contribution >= 0.6 is 15.9 Å². The van der Waals surface area contributed by atoms with Gasteiger partial charge in [-0.2, -0.15) is 0 Å². The first-order chi connectivity index (χ1) is 16.1. The van der Waals surface area contributed by atoms with E-state index in [2.05, 4.69) is 49.7 Å². The van der Waals surface area contributed by atoms with Gasteiger partial charge in [-0.3, -0.25) is 19.1 Å². The van der Waals surface area contributed by atoms with Gasteiger partial charge in [-0.05, 0) is 55.8 Å². The third-order valence-electron chi connectivity index (χ3n) is 6.71. The molecule has 1 aromatic heterocycles. The van der Waals surface area contributed by atoms with Gasteiger partial charge < -0.3 is 9.80 Å². The van der Waals surface area contributed by atoms with Crippen LogP contribution in [0.2, 0.25) is 0 Å². The molecular weight excluding hydrogens is 482 g/mol. The van der Waals surface area contributed by atoms with Gasteiger partial charge in [-0.1, -0.05) is 28.1 Å². The molecule has 0 spiro atoms. The van der Waals surface area contributed by atoms with E-state index in [9.17, 15) is 9.59 Å². The molecule has 2 fully saturated rings. The summed E-state index contributed by atoms with van der Waals surface area (Å²) in [4.78, 5) is 35.1. The molecule has 0 saturated carbocycles. The molecule has 172 valence electrons. The van der Waals surface area contributed by atoms with Crippen molar-refractivity contribution in [3.8, 4) is 5.69 Å². The lowest BCUT2D eigenvalue weighted by molar-refractivity contribution is -0.140. The number of likely N-dealkylation sites (tertiary alicyclic amines) is 1. The maximum atomic E-state index is 13.2. The van der Waals surface area contributed by atoms with Crippen LogP contribution in [0.15, 0.2) is 53.0 Å². The van der Waals surface area contributed by atoms with Gasteiger partial charge in [-0.15, -0.1) is 0 Å². The van der Waals surface area contributed by atoms with Crippen molar-refractivity contribution in [2.45, 2.75) is 19.4 Å². The first-order valence-electron chi connectivity index (χ1n) is 11.5. The number of aromatic nitrogens is 2. The summed E-state index contributed by atoms with van der Waals surface area (Å²) < 4.78 is 3.27. The highest BCUT2D eigenvalue weighted by atomic mass is 79.9. The van der Waals surface area contributed by atoms with Crippen molar-refractivity contribution in [1.82, 2.24) is 24.3 Å². The topological polar surface area (TPSA) is 61.7 Å². The first-order valence-corrected chi connectivity index (χ1v) is 12.3. The number of piperidine rings is 1. The Kier molecular flexibility index (Phi) is 6.46. The maximum Gasteiger partial charge on any atom is 0.227 e. The van der Waals surface area contributed by atoms with E-state index in [4.69, 9.17) is 4.98 Å². The summed E-state index contributed by atoms with van der Waals surface area (Å²) in [6, 6.07) is 16.5. The molecular formula is C25H28BrN5O2. The van der Waals surface area contributed by atoms with Gasteiger partial charge in [0.2, 0.25) is 12.3 Å². The average Bonchev–Trinajstić information content (AvgIpc) is 3.22. The smallest absolute Gasteiger partial charge is 0.227 e. The number of hydrogen-bond donors (Lipinski definition) is 0.